The number of ether oxygens (including phenoxy) is 2. The minimum atomic E-state index is -3.05. The molecule has 0 amide bonds. The summed E-state index contributed by atoms with van der Waals surface area (Å²) >= 11 is 0. The van der Waals surface area contributed by atoms with Crippen molar-refractivity contribution in [1.82, 2.24) is 0 Å². The average Bonchev–Trinajstić information content (AvgIpc) is 2.61. The maximum atomic E-state index is 12.7. The number of non-ortho nitro benzene ring substituents is 1. The number of allylic oxidation sites excluding steroid dienone is 1. The standard InChI is InChI=1S/C18H15F2NO5/c1-2-25-16-5-3-4-13(17(16)26-18(19)20)8-11-15(22)12-6-9-14(10-7-12)21(23)24/h3-11,18H,2H2,1H3/b11-8+. The Kier molecular flexibility index (Phi) is 6.37. The Morgan fingerprint density at radius 3 is 2.50 bits per heavy atom. The molecule has 0 aliphatic carbocycles. The largest absolute Gasteiger partial charge is 0.490 e. The molecule has 6 nitrogen and oxygen atoms in total. The maximum absolute atomic E-state index is 12.7. The molecule has 0 aromatic heterocycles. The Balaban J connectivity index is 2.26. The van der Waals surface area contributed by atoms with Crippen LogP contribution in [0.4, 0.5) is 14.5 Å². The highest BCUT2D eigenvalue weighted by Gasteiger charge is 2.15. The molecule has 0 spiro atoms. The van der Waals surface area contributed by atoms with Crippen LogP contribution in [0.2, 0.25) is 0 Å². The van der Waals surface area contributed by atoms with Crippen molar-refractivity contribution in [2.75, 3.05) is 6.61 Å². The van der Waals surface area contributed by atoms with Crippen LogP contribution in [-0.2, 0) is 0 Å². The number of nitrogens with zero attached hydrogens (tertiary/aromatic N) is 1. The lowest BCUT2D eigenvalue weighted by Gasteiger charge is -2.13. The van der Waals surface area contributed by atoms with Crippen LogP contribution in [0.15, 0.2) is 48.5 Å². The van der Waals surface area contributed by atoms with Gasteiger partial charge < -0.3 is 9.47 Å². The van der Waals surface area contributed by atoms with Gasteiger partial charge in [-0.2, -0.15) is 8.78 Å². The highest BCUT2D eigenvalue weighted by atomic mass is 19.3. The van der Waals surface area contributed by atoms with E-state index in [-0.39, 0.29) is 34.9 Å². The van der Waals surface area contributed by atoms with Crippen LogP contribution >= 0.6 is 0 Å². The number of benzene rings is 2. The van der Waals surface area contributed by atoms with E-state index >= 15 is 0 Å². The first-order chi connectivity index (χ1) is 12.4. The number of carbonyl (C=O) groups is 1. The van der Waals surface area contributed by atoms with Crippen molar-refractivity contribution in [3.05, 3.63) is 69.8 Å². The summed E-state index contributed by atoms with van der Waals surface area (Å²) in [6.45, 7) is -1.09. The summed E-state index contributed by atoms with van der Waals surface area (Å²) < 4.78 is 35.1. The van der Waals surface area contributed by atoms with Gasteiger partial charge in [0.05, 0.1) is 11.5 Å². The molecule has 2 aromatic carbocycles. The molecule has 0 fully saturated rings. The molecule has 8 heteroatoms. The van der Waals surface area contributed by atoms with Crippen molar-refractivity contribution in [3.8, 4) is 11.5 Å². The number of para-hydroxylation sites is 1. The second kappa shape index (κ2) is 8.70. The molecule has 2 aromatic rings. The van der Waals surface area contributed by atoms with E-state index in [1.807, 2.05) is 0 Å². The third kappa shape index (κ3) is 4.85. The van der Waals surface area contributed by atoms with E-state index < -0.39 is 17.3 Å². The van der Waals surface area contributed by atoms with Gasteiger partial charge in [-0.25, -0.2) is 0 Å². The summed E-state index contributed by atoms with van der Waals surface area (Å²) in [6, 6.07) is 9.62. The number of hydrogen-bond donors (Lipinski definition) is 0. The summed E-state index contributed by atoms with van der Waals surface area (Å²) in [5, 5.41) is 10.6. The predicted octanol–water partition coefficient (Wildman–Crippen LogP) is 4.49. The summed E-state index contributed by atoms with van der Waals surface area (Å²) in [5.41, 5.74) is 0.332. The molecule has 0 bridgehead atoms. The Morgan fingerprint density at radius 2 is 1.92 bits per heavy atom. The van der Waals surface area contributed by atoms with Crippen LogP contribution in [0.3, 0.4) is 0 Å². The molecule has 0 saturated carbocycles. The van der Waals surface area contributed by atoms with Crippen molar-refractivity contribution >= 4 is 17.5 Å². The number of rotatable bonds is 8. The molecule has 0 aliphatic heterocycles. The molecule has 0 heterocycles. The second-order valence-corrected chi connectivity index (χ2v) is 4.99. The fourth-order valence-corrected chi connectivity index (χ4v) is 2.16. The summed E-state index contributed by atoms with van der Waals surface area (Å²) in [6.07, 6.45) is 2.49. The molecule has 26 heavy (non-hydrogen) atoms. The lowest BCUT2D eigenvalue weighted by molar-refractivity contribution is -0.384. The first kappa shape index (κ1) is 19.0. The zero-order chi connectivity index (χ0) is 19.1. The fourth-order valence-electron chi connectivity index (χ4n) is 2.16. The van der Waals surface area contributed by atoms with E-state index in [0.717, 1.165) is 0 Å². The molecular weight excluding hydrogens is 348 g/mol. The lowest BCUT2D eigenvalue weighted by Crippen LogP contribution is -2.06. The number of nitro groups is 1. The number of ketones is 1. The van der Waals surface area contributed by atoms with Gasteiger partial charge in [0.15, 0.2) is 17.3 Å². The highest BCUT2D eigenvalue weighted by Crippen LogP contribution is 2.33. The average molecular weight is 363 g/mol. The van der Waals surface area contributed by atoms with Gasteiger partial charge in [-0.15, -0.1) is 0 Å². The molecule has 0 saturated heterocycles. The summed E-state index contributed by atoms with van der Waals surface area (Å²) in [5.74, 6) is -0.473. The summed E-state index contributed by atoms with van der Waals surface area (Å²) in [4.78, 5) is 22.2. The van der Waals surface area contributed by atoms with Crippen LogP contribution < -0.4 is 9.47 Å². The Bertz CT molecular complexity index is 819. The highest BCUT2D eigenvalue weighted by molar-refractivity contribution is 6.07. The zero-order valence-electron chi connectivity index (χ0n) is 13.7. The molecule has 0 aliphatic rings. The summed E-state index contributed by atoms with van der Waals surface area (Å²) in [7, 11) is 0. The second-order valence-electron chi connectivity index (χ2n) is 4.99. The van der Waals surface area contributed by atoms with E-state index in [4.69, 9.17) is 4.74 Å². The van der Waals surface area contributed by atoms with Crippen molar-refractivity contribution < 1.29 is 28.0 Å². The van der Waals surface area contributed by atoms with Crippen molar-refractivity contribution in [1.29, 1.82) is 0 Å². The van der Waals surface area contributed by atoms with Crippen LogP contribution in [0.5, 0.6) is 11.5 Å². The van der Waals surface area contributed by atoms with Gasteiger partial charge in [0.25, 0.3) is 5.69 Å². The van der Waals surface area contributed by atoms with Gasteiger partial charge in [0.1, 0.15) is 0 Å². The SMILES string of the molecule is CCOc1cccc(/C=C/C(=O)c2ccc([N+](=O)[O-])cc2)c1OC(F)F. The van der Waals surface area contributed by atoms with Crippen LogP contribution in [0, 0.1) is 10.1 Å². The maximum Gasteiger partial charge on any atom is 0.387 e. The van der Waals surface area contributed by atoms with E-state index in [1.54, 1.807) is 13.0 Å². The van der Waals surface area contributed by atoms with Gasteiger partial charge in [-0.3, -0.25) is 14.9 Å². The van der Waals surface area contributed by atoms with E-state index in [0.29, 0.717) is 0 Å². The van der Waals surface area contributed by atoms with Gasteiger partial charge in [0, 0.05) is 23.3 Å². The molecule has 0 N–H and O–H groups in total. The number of hydrogen-bond acceptors (Lipinski definition) is 5. The first-order valence-corrected chi connectivity index (χ1v) is 7.60. The monoisotopic (exact) mass is 363 g/mol. The Labute approximate surface area is 147 Å². The molecule has 0 unspecified atom stereocenters. The minimum Gasteiger partial charge on any atom is -0.490 e. The van der Waals surface area contributed by atoms with E-state index in [9.17, 15) is 23.7 Å². The van der Waals surface area contributed by atoms with Crippen LogP contribution in [-0.4, -0.2) is 23.9 Å². The van der Waals surface area contributed by atoms with Crippen molar-refractivity contribution in [2.24, 2.45) is 0 Å². The predicted molar refractivity (Wildman–Crippen MR) is 90.7 cm³/mol. The quantitative estimate of drug-likeness (QED) is 0.299. The topological polar surface area (TPSA) is 78.7 Å². The van der Waals surface area contributed by atoms with E-state index in [1.165, 1.54) is 48.6 Å². The normalized spacial score (nSPS) is 10.9. The fraction of sp³-hybridized carbons (Fsp3) is 0.167. The molecule has 136 valence electrons. The number of carbonyl (C=O) groups excluding carboxylic acids is 1. The molecule has 0 atom stereocenters. The number of alkyl halides is 2. The van der Waals surface area contributed by atoms with Crippen LogP contribution in [0.1, 0.15) is 22.8 Å². The molecular formula is C18H15F2NO5. The first-order valence-electron chi connectivity index (χ1n) is 7.60. The molecule has 2 rings (SSSR count). The lowest BCUT2D eigenvalue weighted by atomic mass is 10.1. The third-order valence-electron chi connectivity index (χ3n) is 3.29. The Hall–Kier alpha value is -3.29. The van der Waals surface area contributed by atoms with Crippen molar-refractivity contribution in [3.63, 3.8) is 0 Å². The smallest absolute Gasteiger partial charge is 0.387 e. The van der Waals surface area contributed by atoms with Gasteiger partial charge >= 0.3 is 6.61 Å². The molecule has 0 radical (unpaired) electrons. The van der Waals surface area contributed by atoms with Crippen LogP contribution in [0.25, 0.3) is 6.08 Å². The third-order valence-corrected chi connectivity index (χ3v) is 3.29. The van der Waals surface area contributed by atoms with Gasteiger partial charge in [0.2, 0.25) is 0 Å². The zero-order valence-corrected chi connectivity index (χ0v) is 13.7. The van der Waals surface area contributed by atoms with E-state index in [2.05, 4.69) is 4.74 Å². The number of halogens is 2. The number of nitro benzene ring substituents is 1. The Morgan fingerprint density at radius 1 is 1.23 bits per heavy atom. The van der Waals surface area contributed by atoms with Crippen molar-refractivity contribution in [2.45, 2.75) is 13.5 Å². The minimum absolute atomic E-state index is 0.137. The van der Waals surface area contributed by atoms with Gasteiger partial charge in [-0.05, 0) is 37.3 Å². The van der Waals surface area contributed by atoms with Gasteiger partial charge in [-0.1, -0.05) is 12.1 Å².